The summed E-state index contributed by atoms with van der Waals surface area (Å²) in [6, 6.07) is 5.08. The van der Waals surface area contributed by atoms with E-state index in [4.69, 9.17) is 14.2 Å². The Bertz CT molecular complexity index is 552. The highest BCUT2D eigenvalue weighted by Crippen LogP contribution is 2.29. The molecule has 0 aliphatic heterocycles. The Balaban J connectivity index is 1.83. The average Bonchev–Trinajstić information content (AvgIpc) is 3.05. The molecule has 23 heavy (non-hydrogen) atoms. The standard InChI is InChI=1S/C17H23NO5/c1-21-13-7-8-15(22-2)14(10-13)18-16(19)11-23-17(20)9-12-5-3-4-6-12/h7-8,10,12H,3-6,9,11H2,1-2H3,(H,18,19). The number of ether oxygens (including phenoxy) is 3. The molecule has 2 rings (SSSR count). The van der Waals surface area contributed by atoms with Crippen LogP contribution in [-0.4, -0.2) is 32.7 Å². The lowest BCUT2D eigenvalue weighted by molar-refractivity contribution is -0.148. The van der Waals surface area contributed by atoms with Gasteiger partial charge in [-0.15, -0.1) is 0 Å². The van der Waals surface area contributed by atoms with E-state index in [0.717, 1.165) is 12.8 Å². The van der Waals surface area contributed by atoms with Crippen LogP contribution in [0, 0.1) is 5.92 Å². The molecule has 0 aromatic heterocycles. The lowest BCUT2D eigenvalue weighted by atomic mass is 10.1. The molecule has 6 heteroatoms. The van der Waals surface area contributed by atoms with Crippen molar-refractivity contribution >= 4 is 17.6 Å². The number of anilines is 1. The number of nitrogens with one attached hydrogen (secondary N) is 1. The summed E-state index contributed by atoms with van der Waals surface area (Å²) < 4.78 is 15.3. The predicted molar refractivity (Wildman–Crippen MR) is 85.7 cm³/mol. The van der Waals surface area contributed by atoms with Gasteiger partial charge in [0.05, 0.1) is 19.9 Å². The van der Waals surface area contributed by atoms with E-state index in [1.165, 1.54) is 27.1 Å². The van der Waals surface area contributed by atoms with Crippen molar-refractivity contribution in [2.24, 2.45) is 5.92 Å². The monoisotopic (exact) mass is 321 g/mol. The van der Waals surface area contributed by atoms with Gasteiger partial charge in [0.25, 0.3) is 5.91 Å². The largest absolute Gasteiger partial charge is 0.497 e. The molecule has 1 aliphatic carbocycles. The van der Waals surface area contributed by atoms with E-state index in [-0.39, 0.29) is 12.6 Å². The topological polar surface area (TPSA) is 73.9 Å². The quantitative estimate of drug-likeness (QED) is 0.782. The lowest BCUT2D eigenvalue weighted by Gasteiger charge is -2.12. The number of amides is 1. The molecular formula is C17H23NO5. The average molecular weight is 321 g/mol. The SMILES string of the molecule is COc1ccc(OC)c(NC(=O)COC(=O)CC2CCCC2)c1. The van der Waals surface area contributed by atoms with E-state index in [1.807, 2.05) is 0 Å². The zero-order valence-corrected chi connectivity index (χ0v) is 13.6. The Morgan fingerprint density at radius 2 is 1.91 bits per heavy atom. The van der Waals surface area contributed by atoms with Crippen LogP contribution < -0.4 is 14.8 Å². The van der Waals surface area contributed by atoms with Crippen molar-refractivity contribution < 1.29 is 23.8 Å². The van der Waals surface area contributed by atoms with E-state index < -0.39 is 5.91 Å². The van der Waals surface area contributed by atoms with Gasteiger partial charge in [-0.25, -0.2) is 0 Å². The van der Waals surface area contributed by atoms with Crippen LogP contribution in [0.25, 0.3) is 0 Å². The maximum Gasteiger partial charge on any atom is 0.306 e. The van der Waals surface area contributed by atoms with Crippen molar-refractivity contribution in [2.45, 2.75) is 32.1 Å². The Morgan fingerprint density at radius 1 is 1.17 bits per heavy atom. The second kappa shape index (κ2) is 8.41. The highest BCUT2D eigenvalue weighted by molar-refractivity contribution is 5.94. The molecule has 1 amide bonds. The predicted octanol–water partition coefficient (Wildman–Crippen LogP) is 2.77. The Labute approximate surface area is 136 Å². The summed E-state index contributed by atoms with van der Waals surface area (Å²) >= 11 is 0. The van der Waals surface area contributed by atoms with Gasteiger partial charge in [-0.2, -0.15) is 0 Å². The first kappa shape index (κ1) is 17.1. The zero-order chi connectivity index (χ0) is 16.7. The third kappa shape index (κ3) is 5.16. The summed E-state index contributed by atoms with van der Waals surface area (Å²) in [6.45, 7) is -0.300. The third-order valence-corrected chi connectivity index (χ3v) is 3.98. The number of carbonyl (C=O) groups is 2. The molecule has 1 saturated carbocycles. The van der Waals surface area contributed by atoms with Crippen LogP contribution in [0.1, 0.15) is 32.1 Å². The minimum absolute atomic E-state index is 0.300. The second-order valence-corrected chi connectivity index (χ2v) is 5.63. The van der Waals surface area contributed by atoms with Gasteiger partial charge in [0.2, 0.25) is 0 Å². The molecule has 1 aromatic carbocycles. The number of rotatable bonds is 7. The van der Waals surface area contributed by atoms with E-state index >= 15 is 0 Å². The molecule has 6 nitrogen and oxygen atoms in total. The van der Waals surface area contributed by atoms with Crippen LogP contribution in [0.3, 0.4) is 0 Å². The smallest absolute Gasteiger partial charge is 0.306 e. The van der Waals surface area contributed by atoms with Gasteiger partial charge in [-0.05, 0) is 30.9 Å². The van der Waals surface area contributed by atoms with Crippen LogP contribution in [-0.2, 0) is 14.3 Å². The Kier molecular flexibility index (Phi) is 6.26. The van der Waals surface area contributed by atoms with Gasteiger partial charge in [0.15, 0.2) is 6.61 Å². The fraction of sp³-hybridized carbons (Fsp3) is 0.529. The Hall–Kier alpha value is -2.24. The fourth-order valence-electron chi connectivity index (χ4n) is 2.75. The molecule has 0 saturated heterocycles. The molecule has 0 radical (unpaired) electrons. The van der Waals surface area contributed by atoms with Crippen LogP contribution in [0.4, 0.5) is 5.69 Å². The zero-order valence-electron chi connectivity index (χ0n) is 13.6. The van der Waals surface area contributed by atoms with Crippen LogP contribution in [0.15, 0.2) is 18.2 Å². The van der Waals surface area contributed by atoms with E-state index in [1.54, 1.807) is 18.2 Å². The van der Waals surface area contributed by atoms with E-state index in [0.29, 0.717) is 29.5 Å². The number of hydrogen-bond donors (Lipinski definition) is 1. The Morgan fingerprint density at radius 3 is 2.57 bits per heavy atom. The number of benzene rings is 1. The molecule has 0 atom stereocenters. The van der Waals surface area contributed by atoms with Crippen molar-refractivity contribution in [1.29, 1.82) is 0 Å². The third-order valence-electron chi connectivity index (χ3n) is 3.98. The van der Waals surface area contributed by atoms with Crippen LogP contribution in [0.2, 0.25) is 0 Å². The molecule has 1 fully saturated rings. The van der Waals surface area contributed by atoms with Gasteiger partial charge < -0.3 is 19.5 Å². The van der Waals surface area contributed by atoms with Crippen molar-refractivity contribution in [3.8, 4) is 11.5 Å². The van der Waals surface area contributed by atoms with Gasteiger partial charge in [-0.1, -0.05) is 12.8 Å². The summed E-state index contributed by atoms with van der Waals surface area (Å²) in [6.07, 6.45) is 4.89. The fourth-order valence-corrected chi connectivity index (χ4v) is 2.75. The summed E-state index contributed by atoms with van der Waals surface area (Å²) in [7, 11) is 3.05. The van der Waals surface area contributed by atoms with Crippen molar-refractivity contribution in [3.05, 3.63) is 18.2 Å². The first-order valence-electron chi connectivity index (χ1n) is 7.80. The van der Waals surface area contributed by atoms with Crippen LogP contribution >= 0.6 is 0 Å². The number of esters is 1. The highest BCUT2D eigenvalue weighted by atomic mass is 16.5. The maximum atomic E-state index is 11.9. The van der Waals surface area contributed by atoms with Gasteiger partial charge >= 0.3 is 5.97 Å². The summed E-state index contributed by atoms with van der Waals surface area (Å²) in [4.78, 5) is 23.7. The van der Waals surface area contributed by atoms with Gasteiger partial charge in [0.1, 0.15) is 11.5 Å². The number of hydrogen-bond acceptors (Lipinski definition) is 5. The van der Waals surface area contributed by atoms with Crippen LogP contribution in [0.5, 0.6) is 11.5 Å². The molecular weight excluding hydrogens is 298 g/mol. The van der Waals surface area contributed by atoms with E-state index in [9.17, 15) is 9.59 Å². The molecule has 1 N–H and O–H groups in total. The highest BCUT2D eigenvalue weighted by Gasteiger charge is 2.20. The van der Waals surface area contributed by atoms with Crippen molar-refractivity contribution in [2.75, 3.05) is 26.1 Å². The minimum Gasteiger partial charge on any atom is -0.497 e. The molecule has 0 heterocycles. The van der Waals surface area contributed by atoms with Crippen molar-refractivity contribution in [3.63, 3.8) is 0 Å². The van der Waals surface area contributed by atoms with Gasteiger partial charge in [-0.3, -0.25) is 9.59 Å². The molecule has 1 aromatic rings. The maximum absolute atomic E-state index is 11.9. The first-order chi connectivity index (χ1) is 11.1. The van der Waals surface area contributed by atoms with E-state index in [2.05, 4.69) is 5.32 Å². The molecule has 1 aliphatic rings. The van der Waals surface area contributed by atoms with Crippen molar-refractivity contribution in [1.82, 2.24) is 0 Å². The lowest BCUT2D eigenvalue weighted by Crippen LogP contribution is -2.22. The molecule has 0 spiro atoms. The summed E-state index contributed by atoms with van der Waals surface area (Å²) in [5.74, 6) is 0.792. The van der Waals surface area contributed by atoms with Gasteiger partial charge in [0, 0.05) is 12.5 Å². The molecule has 126 valence electrons. The number of carbonyl (C=O) groups excluding carboxylic acids is 2. The normalized spacial score (nSPS) is 14.3. The molecule has 0 unspecified atom stereocenters. The summed E-state index contributed by atoms with van der Waals surface area (Å²) in [5.41, 5.74) is 0.476. The number of methoxy groups -OCH3 is 2. The molecule has 0 bridgehead atoms. The first-order valence-corrected chi connectivity index (χ1v) is 7.80. The minimum atomic E-state index is -0.406. The summed E-state index contributed by atoms with van der Waals surface area (Å²) in [5, 5.41) is 2.66. The second-order valence-electron chi connectivity index (χ2n) is 5.63.